The summed E-state index contributed by atoms with van der Waals surface area (Å²) in [6, 6.07) is 0. The zero-order valence-corrected chi connectivity index (χ0v) is 14.4. The van der Waals surface area contributed by atoms with Crippen LogP contribution in [0.25, 0.3) is 0 Å². The highest BCUT2D eigenvalue weighted by Crippen LogP contribution is 2.20. The lowest BCUT2D eigenvalue weighted by Gasteiger charge is -2.15. The van der Waals surface area contributed by atoms with E-state index in [9.17, 15) is 9.59 Å². The Morgan fingerprint density at radius 3 is 2.96 bits per heavy atom. The van der Waals surface area contributed by atoms with Gasteiger partial charge in [-0.05, 0) is 46.0 Å². The summed E-state index contributed by atoms with van der Waals surface area (Å²) in [4.78, 5) is 23.8. The number of carbonyl (C=O) groups is 1. The minimum Gasteiger partial charge on any atom is -0.355 e. The van der Waals surface area contributed by atoms with Crippen LogP contribution in [0.5, 0.6) is 0 Å². The average molecular weight is 337 g/mol. The van der Waals surface area contributed by atoms with Crippen LogP contribution >= 0.6 is 11.8 Å². The summed E-state index contributed by atoms with van der Waals surface area (Å²) in [7, 11) is 0. The molecule has 0 fully saturated rings. The molecule has 7 nitrogen and oxygen atoms in total. The molecule has 1 heterocycles. The van der Waals surface area contributed by atoms with Crippen LogP contribution in [-0.2, 0) is 4.79 Å². The Kier molecular flexibility index (Phi) is 6.20. The van der Waals surface area contributed by atoms with Crippen molar-refractivity contribution in [2.24, 2.45) is 0 Å². The number of thioether (sulfide) groups is 1. The Labute approximate surface area is 139 Å². The fraction of sp³-hybridized carbons (Fsp3) is 0.600. The molecule has 0 aliphatic heterocycles. The summed E-state index contributed by atoms with van der Waals surface area (Å²) in [6.45, 7) is 3.93. The fourth-order valence-electron chi connectivity index (χ4n) is 2.38. The van der Waals surface area contributed by atoms with Gasteiger partial charge < -0.3 is 11.2 Å². The van der Waals surface area contributed by atoms with Gasteiger partial charge in [-0.15, -0.1) is 10.2 Å². The number of nitrogens with one attached hydrogen (secondary N) is 1. The molecule has 0 radical (unpaired) electrons. The molecule has 3 N–H and O–H groups in total. The van der Waals surface area contributed by atoms with Crippen LogP contribution in [0.15, 0.2) is 21.6 Å². The van der Waals surface area contributed by atoms with E-state index >= 15 is 0 Å². The predicted molar refractivity (Wildman–Crippen MR) is 90.7 cm³/mol. The number of nitrogen functional groups attached to an aromatic ring is 1. The van der Waals surface area contributed by atoms with Crippen molar-refractivity contribution in [3.63, 3.8) is 0 Å². The number of aromatic nitrogens is 3. The van der Waals surface area contributed by atoms with Crippen molar-refractivity contribution < 1.29 is 4.79 Å². The van der Waals surface area contributed by atoms with Gasteiger partial charge in [0.25, 0.3) is 5.56 Å². The highest BCUT2D eigenvalue weighted by Gasteiger charge is 2.18. The summed E-state index contributed by atoms with van der Waals surface area (Å²) in [5.74, 6) is 5.58. The first kappa shape index (κ1) is 17.5. The van der Waals surface area contributed by atoms with Gasteiger partial charge in [-0.1, -0.05) is 23.4 Å². The van der Waals surface area contributed by atoms with Gasteiger partial charge in [-0.3, -0.25) is 9.59 Å². The molecule has 1 aromatic rings. The first-order valence-electron chi connectivity index (χ1n) is 7.82. The van der Waals surface area contributed by atoms with Crippen LogP contribution < -0.4 is 16.7 Å². The van der Waals surface area contributed by atoms with E-state index in [-0.39, 0.29) is 16.8 Å². The largest absolute Gasteiger partial charge is 0.355 e. The van der Waals surface area contributed by atoms with Crippen molar-refractivity contribution >= 4 is 17.7 Å². The van der Waals surface area contributed by atoms with Crippen molar-refractivity contribution in [3.05, 3.63) is 27.7 Å². The number of hydrogen-bond donors (Lipinski definition) is 2. The molecule has 0 unspecified atom stereocenters. The maximum atomic E-state index is 12.1. The lowest BCUT2D eigenvalue weighted by atomic mass is 9.97. The zero-order valence-electron chi connectivity index (χ0n) is 13.5. The molecule has 1 amide bonds. The number of rotatable bonds is 6. The van der Waals surface area contributed by atoms with E-state index in [1.54, 1.807) is 13.8 Å². The second kappa shape index (κ2) is 8.14. The third-order valence-corrected chi connectivity index (χ3v) is 4.86. The van der Waals surface area contributed by atoms with E-state index in [0.29, 0.717) is 6.54 Å². The van der Waals surface area contributed by atoms with Crippen LogP contribution in [0.4, 0.5) is 0 Å². The molecule has 126 valence electrons. The minimum atomic E-state index is -0.403. The van der Waals surface area contributed by atoms with Gasteiger partial charge in [0.2, 0.25) is 11.1 Å². The number of amides is 1. The van der Waals surface area contributed by atoms with Crippen LogP contribution in [0.1, 0.15) is 44.7 Å². The Balaban J connectivity index is 1.84. The van der Waals surface area contributed by atoms with E-state index in [0.717, 1.165) is 35.7 Å². The zero-order chi connectivity index (χ0) is 16.8. The summed E-state index contributed by atoms with van der Waals surface area (Å²) < 4.78 is 0.934. The summed E-state index contributed by atoms with van der Waals surface area (Å²) >= 11 is 1.12. The van der Waals surface area contributed by atoms with Gasteiger partial charge in [-0.25, -0.2) is 0 Å². The maximum absolute atomic E-state index is 12.1. The molecule has 8 heteroatoms. The third kappa shape index (κ3) is 4.82. The average Bonchev–Trinajstić information content (AvgIpc) is 2.56. The smallest absolute Gasteiger partial charge is 0.294 e. The number of aryl methyl sites for hydroxylation is 1. The fourth-order valence-corrected chi connectivity index (χ4v) is 3.17. The molecule has 0 saturated carbocycles. The van der Waals surface area contributed by atoms with E-state index in [1.165, 1.54) is 18.4 Å². The van der Waals surface area contributed by atoms with E-state index in [1.807, 2.05) is 0 Å². The van der Waals surface area contributed by atoms with Crippen LogP contribution in [-0.4, -0.2) is 32.6 Å². The Bertz CT molecular complexity index is 656. The number of hydrogen-bond acceptors (Lipinski definition) is 6. The van der Waals surface area contributed by atoms with Crippen molar-refractivity contribution in [1.82, 2.24) is 20.2 Å². The van der Waals surface area contributed by atoms with E-state index < -0.39 is 10.8 Å². The highest BCUT2D eigenvalue weighted by molar-refractivity contribution is 8.00. The summed E-state index contributed by atoms with van der Waals surface area (Å²) in [6.07, 6.45) is 7.97. The Hall–Kier alpha value is -1.83. The monoisotopic (exact) mass is 337 g/mol. The maximum Gasteiger partial charge on any atom is 0.294 e. The van der Waals surface area contributed by atoms with E-state index in [4.69, 9.17) is 5.84 Å². The van der Waals surface area contributed by atoms with Crippen LogP contribution in [0.3, 0.4) is 0 Å². The first-order chi connectivity index (χ1) is 11.0. The lowest BCUT2D eigenvalue weighted by molar-refractivity contribution is -0.120. The van der Waals surface area contributed by atoms with Gasteiger partial charge in [0.15, 0.2) is 0 Å². The van der Waals surface area contributed by atoms with Crippen LogP contribution in [0.2, 0.25) is 0 Å². The normalized spacial score (nSPS) is 15.8. The number of nitrogens with two attached hydrogens (primary N) is 1. The SMILES string of the molecule is Cc1nnc(S[C@@H](C)C(=O)NCCC2=CCCCC2)n(N)c1=O. The molecule has 0 bridgehead atoms. The molecule has 0 spiro atoms. The summed E-state index contributed by atoms with van der Waals surface area (Å²) in [5.41, 5.74) is 1.26. The Morgan fingerprint density at radius 1 is 1.48 bits per heavy atom. The van der Waals surface area contributed by atoms with Crippen molar-refractivity contribution in [3.8, 4) is 0 Å². The number of carbonyl (C=O) groups excluding carboxylic acids is 1. The van der Waals surface area contributed by atoms with Gasteiger partial charge in [0, 0.05) is 6.54 Å². The van der Waals surface area contributed by atoms with Gasteiger partial charge in [0.1, 0.15) is 5.69 Å². The second-order valence-electron chi connectivity index (χ2n) is 5.65. The van der Waals surface area contributed by atoms with Crippen molar-refractivity contribution in [2.75, 3.05) is 12.4 Å². The van der Waals surface area contributed by atoms with Gasteiger partial charge in [-0.2, -0.15) is 4.68 Å². The number of nitrogens with zero attached hydrogens (tertiary/aromatic N) is 3. The molecule has 1 aromatic heterocycles. The summed E-state index contributed by atoms with van der Waals surface area (Å²) in [5, 5.41) is 10.4. The molecule has 1 atom stereocenters. The lowest BCUT2D eigenvalue weighted by Crippen LogP contribution is -2.35. The molecule has 23 heavy (non-hydrogen) atoms. The van der Waals surface area contributed by atoms with Crippen LogP contribution in [0, 0.1) is 6.92 Å². The first-order valence-corrected chi connectivity index (χ1v) is 8.70. The molecular formula is C15H23N5O2S. The molecule has 1 aliphatic carbocycles. The molecule has 2 rings (SSSR count). The minimum absolute atomic E-state index is 0.0961. The Morgan fingerprint density at radius 2 is 2.26 bits per heavy atom. The standard InChI is InChI=1S/C15H23N5O2S/c1-10-14(22)20(16)15(19-18-10)23-11(2)13(21)17-9-8-12-6-4-3-5-7-12/h6,11H,3-5,7-9,16H2,1-2H3,(H,17,21)/t11-/m0/s1. The molecule has 0 aromatic carbocycles. The van der Waals surface area contributed by atoms with Gasteiger partial charge >= 0.3 is 0 Å². The molecular weight excluding hydrogens is 314 g/mol. The topological polar surface area (TPSA) is 103 Å². The highest BCUT2D eigenvalue weighted by atomic mass is 32.2. The number of allylic oxidation sites excluding steroid dienone is 1. The third-order valence-electron chi connectivity index (χ3n) is 3.80. The van der Waals surface area contributed by atoms with Gasteiger partial charge in [0.05, 0.1) is 5.25 Å². The second-order valence-corrected chi connectivity index (χ2v) is 6.96. The van der Waals surface area contributed by atoms with E-state index in [2.05, 4.69) is 21.6 Å². The predicted octanol–water partition coefficient (Wildman–Crippen LogP) is 1.15. The van der Waals surface area contributed by atoms with Crippen molar-refractivity contribution in [1.29, 1.82) is 0 Å². The quantitative estimate of drug-likeness (QED) is 0.458. The molecule has 0 saturated heterocycles. The molecule has 1 aliphatic rings. The van der Waals surface area contributed by atoms with Crippen molar-refractivity contribution in [2.45, 2.75) is 56.4 Å².